The van der Waals surface area contributed by atoms with Crippen LogP contribution in [0.1, 0.15) is 11.1 Å². The highest BCUT2D eigenvalue weighted by Crippen LogP contribution is 2.31. The van der Waals surface area contributed by atoms with Gasteiger partial charge in [-0.2, -0.15) is 5.26 Å². The summed E-state index contributed by atoms with van der Waals surface area (Å²) in [6, 6.07) is 17.9. The lowest BCUT2D eigenvalue weighted by atomic mass is 10.1. The SMILES string of the molecule is Cc1ccccc1S(=O)(=O)Nc1csc(-c2ccc(C#N)cc2)c1. The van der Waals surface area contributed by atoms with Crippen molar-refractivity contribution in [2.75, 3.05) is 4.72 Å². The number of hydrogen-bond acceptors (Lipinski definition) is 4. The van der Waals surface area contributed by atoms with Gasteiger partial charge < -0.3 is 0 Å². The summed E-state index contributed by atoms with van der Waals surface area (Å²) in [5.41, 5.74) is 2.77. The molecule has 4 nitrogen and oxygen atoms in total. The Morgan fingerprint density at radius 3 is 2.46 bits per heavy atom. The van der Waals surface area contributed by atoms with Crippen LogP contribution in [-0.2, 0) is 10.0 Å². The first-order chi connectivity index (χ1) is 11.5. The number of rotatable bonds is 4. The molecule has 0 fully saturated rings. The molecule has 6 heteroatoms. The van der Waals surface area contributed by atoms with E-state index in [1.54, 1.807) is 48.7 Å². The van der Waals surface area contributed by atoms with Crippen molar-refractivity contribution in [3.8, 4) is 16.5 Å². The largest absolute Gasteiger partial charge is 0.279 e. The Morgan fingerprint density at radius 1 is 1.08 bits per heavy atom. The first-order valence-electron chi connectivity index (χ1n) is 7.17. The second kappa shape index (κ2) is 6.48. The summed E-state index contributed by atoms with van der Waals surface area (Å²) in [5, 5.41) is 10.6. The maximum atomic E-state index is 12.5. The second-order valence-corrected chi connectivity index (χ2v) is 7.82. The molecule has 0 radical (unpaired) electrons. The number of benzene rings is 2. The lowest BCUT2D eigenvalue weighted by molar-refractivity contribution is 0.600. The lowest BCUT2D eigenvalue weighted by Gasteiger charge is -2.08. The Labute approximate surface area is 145 Å². The standard InChI is InChI=1S/C18H14N2O2S2/c1-13-4-2-3-5-18(13)24(21,22)20-16-10-17(23-12-16)15-8-6-14(11-19)7-9-15/h2-10,12,20H,1H3. The molecule has 0 aliphatic carbocycles. The number of sulfonamides is 1. The molecule has 120 valence electrons. The van der Waals surface area contributed by atoms with E-state index in [1.807, 2.05) is 18.2 Å². The van der Waals surface area contributed by atoms with Crippen LogP contribution in [0.3, 0.4) is 0 Å². The number of nitrogens with zero attached hydrogens (tertiary/aromatic N) is 1. The quantitative estimate of drug-likeness (QED) is 0.755. The van der Waals surface area contributed by atoms with E-state index >= 15 is 0 Å². The van der Waals surface area contributed by atoms with Crippen molar-refractivity contribution in [2.24, 2.45) is 0 Å². The Balaban J connectivity index is 1.86. The van der Waals surface area contributed by atoms with Gasteiger partial charge in [-0.3, -0.25) is 4.72 Å². The molecule has 1 aromatic heterocycles. The van der Waals surface area contributed by atoms with Crippen LogP contribution in [0.4, 0.5) is 5.69 Å². The molecule has 24 heavy (non-hydrogen) atoms. The van der Waals surface area contributed by atoms with Crippen LogP contribution in [0.5, 0.6) is 0 Å². The predicted molar refractivity (Wildman–Crippen MR) is 96.5 cm³/mol. The van der Waals surface area contributed by atoms with Gasteiger partial charge in [-0.1, -0.05) is 30.3 Å². The monoisotopic (exact) mass is 354 g/mol. The van der Waals surface area contributed by atoms with Crippen molar-refractivity contribution >= 4 is 27.0 Å². The van der Waals surface area contributed by atoms with Crippen LogP contribution in [-0.4, -0.2) is 8.42 Å². The van der Waals surface area contributed by atoms with Crippen molar-refractivity contribution in [2.45, 2.75) is 11.8 Å². The van der Waals surface area contributed by atoms with Crippen molar-refractivity contribution in [3.63, 3.8) is 0 Å². The van der Waals surface area contributed by atoms with Crippen molar-refractivity contribution in [1.82, 2.24) is 0 Å². The van der Waals surface area contributed by atoms with Crippen LogP contribution < -0.4 is 4.72 Å². The van der Waals surface area contributed by atoms with Gasteiger partial charge in [0.25, 0.3) is 10.0 Å². The molecule has 0 amide bonds. The summed E-state index contributed by atoms with van der Waals surface area (Å²) in [6.45, 7) is 1.77. The minimum Gasteiger partial charge on any atom is -0.279 e. The topological polar surface area (TPSA) is 70.0 Å². The van der Waals surface area contributed by atoms with E-state index < -0.39 is 10.0 Å². The number of thiophene rings is 1. The van der Waals surface area contributed by atoms with Crippen LogP contribution in [0, 0.1) is 18.3 Å². The highest BCUT2D eigenvalue weighted by atomic mass is 32.2. The summed E-state index contributed by atoms with van der Waals surface area (Å²) < 4.78 is 27.6. The van der Waals surface area contributed by atoms with Gasteiger partial charge in [-0.05, 0) is 42.3 Å². The van der Waals surface area contributed by atoms with E-state index in [0.29, 0.717) is 16.8 Å². The third kappa shape index (κ3) is 3.32. The summed E-state index contributed by atoms with van der Waals surface area (Å²) in [4.78, 5) is 1.21. The highest BCUT2D eigenvalue weighted by molar-refractivity contribution is 7.92. The van der Waals surface area contributed by atoms with Crippen LogP contribution in [0.25, 0.3) is 10.4 Å². The number of nitrogens with one attached hydrogen (secondary N) is 1. The Bertz CT molecular complexity index is 1010. The minimum absolute atomic E-state index is 0.274. The van der Waals surface area contributed by atoms with Gasteiger partial charge in [0.1, 0.15) is 0 Å². The van der Waals surface area contributed by atoms with E-state index in [0.717, 1.165) is 10.4 Å². The molecule has 0 spiro atoms. The average Bonchev–Trinajstić information content (AvgIpc) is 3.03. The van der Waals surface area contributed by atoms with E-state index in [1.165, 1.54) is 11.3 Å². The molecule has 1 heterocycles. The van der Waals surface area contributed by atoms with E-state index in [2.05, 4.69) is 10.8 Å². The molecule has 1 N–H and O–H groups in total. The summed E-state index contributed by atoms with van der Waals surface area (Å²) in [6.07, 6.45) is 0. The Morgan fingerprint density at radius 2 is 1.79 bits per heavy atom. The van der Waals surface area contributed by atoms with Gasteiger partial charge in [0.2, 0.25) is 0 Å². The summed E-state index contributed by atoms with van der Waals surface area (Å²) in [5.74, 6) is 0. The first-order valence-corrected chi connectivity index (χ1v) is 9.53. The normalized spacial score (nSPS) is 11.0. The minimum atomic E-state index is -3.61. The zero-order valence-corrected chi connectivity index (χ0v) is 14.5. The Kier molecular flexibility index (Phi) is 4.38. The fraction of sp³-hybridized carbons (Fsp3) is 0.0556. The van der Waals surface area contributed by atoms with E-state index in [4.69, 9.17) is 5.26 Å². The molecule has 3 rings (SSSR count). The molecule has 0 aliphatic rings. The zero-order chi connectivity index (χ0) is 17.2. The maximum Gasteiger partial charge on any atom is 0.262 e. The van der Waals surface area contributed by atoms with Gasteiger partial charge in [0.05, 0.1) is 22.2 Å². The maximum absolute atomic E-state index is 12.5. The zero-order valence-electron chi connectivity index (χ0n) is 12.9. The van der Waals surface area contributed by atoms with Gasteiger partial charge in [-0.25, -0.2) is 8.42 Å². The molecular formula is C18H14N2O2S2. The first kappa shape index (κ1) is 16.2. The number of aryl methyl sites for hydroxylation is 1. The summed E-state index contributed by atoms with van der Waals surface area (Å²) >= 11 is 1.45. The van der Waals surface area contributed by atoms with Crippen molar-refractivity contribution < 1.29 is 8.42 Å². The third-order valence-corrected chi connectivity index (χ3v) is 6.05. The van der Waals surface area contributed by atoms with Crippen LogP contribution >= 0.6 is 11.3 Å². The predicted octanol–water partition coefficient (Wildman–Crippen LogP) is 4.40. The molecule has 0 saturated carbocycles. The van der Waals surface area contributed by atoms with Crippen molar-refractivity contribution in [1.29, 1.82) is 5.26 Å². The molecule has 0 aliphatic heterocycles. The molecule has 0 unspecified atom stereocenters. The Hall–Kier alpha value is -2.62. The molecule has 3 aromatic rings. The number of nitriles is 1. The lowest BCUT2D eigenvalue weighted by Crippen LogP contribution is -2.13. The smallest absolute Gasteiger partial charge is 0.262 e. The van der Waals surface area contributed by atoms with Gasteiger partial charge in [-0.15, -0.1) is 11.3 Å². The van der Waals surface area contributed by atoms with Gasteiger partial charge in [0.15, 0.2) is 0 Å². The molecule has 2 aromatic carbocycles. The third-order valence-electron chi connectivity index (χ3n) is 3.53. The second-order valence-electron chi connectivity index (χ2n) is 5.26. The fourth-order valence-electron chi connectivity index (χ4n) is 2.32. The van der Waals surface area contributed by atoms with Gasteiger partial charge >= 0.3 is 0 Å². The molecular weight excluding hydrogens is 340 g/mol. The summed E-state index contributed by atoms with van der Waals surface area (Å²) in [7, 11) is -3.61. The molecule has 0 atom stereocenters. The highest BCUT2D eigenvalue weighted by Gasteiger charge is 2.17. The van der Waals surface area contributed by atoms with Gasteiger partial charge in [0, 0.05) is 10.3 Å². The van der Waals surface area contributed by atoms with Crippen molar-refractivity contribution in [3.05, 3.63) is 71.1 Å². The molecule has 0 bridgehead atoms. The molecule has 0 saturated heterocycles. The van der Waals surface area contributed by atoms with E-state index in [9.17, 15) is 8.42 Å². The fourth-order valence-corrected chi connectivity index (χ4v) is 4.53. The average molecular weight is 354 g/mol. The van der Waals surface area contributed by atoms with E-state index in [-0.39, 0.29) is 4.90 Å². The number of hydrogen-bond donors (Lipinski definition) is 1. The number of anilines is 1. The van der Waals surface area contributed by atoms with Crippen LogP contribution in [0.15, 0.2) is 64.9 Å². The van der Waals surface area contributed by atoms with Crippen LogP contribution in [0.2, 0.25) is 0 Å².